The van der Waals surface area contributed by atoms with Crippen LogP contribution in [-0.2, 0) is 0 Å². The molecule has 0 aromatic carbocycles. The zero-order valence-corrected chi connectivity index (χ0v) is 12.3. The van der Waals surface area contributed by atoms with E-state index in [1.165, 1.54) is 25.7 Å². The van der Waals surface area contributed by atoms with Crippen LogP contribution in [0.4, 0.5) is 0 Å². The lowest BCUT2D eigenvalue weighted by atomic mass is 9.98. The molecule has 2 atom stereocenters. The van der Waals surface area contributed by atoms with Crippen LogP contribution in [0.5, 0.6) is 0 Å². The summed E-state index contributed by atoms with van der Waals surface area (Å²) in [6.07, 6.45) is 5.35. The summed E-state index contributed by atoms with van der Waals surface area (Å²) >= 11 is 0. The molecule has 0 aromatic heterocycles. The van der Waals surface area contributed by atoms with Crippen molar-refractivity contribution in [3.05, 3.63) is 0 Å². The van der Waals surface area contributed by atoms with Gasteiger partial charge in [0, 0.05) is 32.2 Å². The van der Waals surface area contributed by atoms with E-state index in [-0.39, 0.29) is 0 Å². The molecule has 0 saturated heterocycles. The average Bonchev–Trinajstić information content (AvgIpc) is 2.31. The number of hydrogen-bond acceptors (Lipinski definition) is 3. The summed E-state index contributed by atoms with van der Waals surface area (Å²) in [5.41, 5.74) is 0. The third-order valence-electron chi connectivity index (χ3n) is 3.22. The average molecular weight is 243 g/mol. The molecular formula is C14H33N3. The van der Waals surface area contributed by atoms with Crippen LogP contribution in [0.15, 0.2) is 0 Å². The molecule has 3 heteroatoms. The predicted molar refractivity (Wildman–Crippen MR) is 77.6 cm³/mol. The van der Waals surface area contributed by atoms with E-state index in [1.807, 2.05) is 7.05 Å². The zero-order valence-electron chi connectivity index (χ0n) is 12.3. The van der Waals surface area contributed by atoms with Gasteiger partial charge in [-0.15, -0.1) is 0 Å². The summed E-state index contributed by atoms with van der Waals surface area (Å²) in [6.45, 7) is 11.2. The van der Waals surface area contributed by atoms with Gasteiger partial charge in [0.1, 0.15) is 0 Å². The smallest absolute Gasteiger partial charge is 0.00792 e. The first-order valence-corrected chi connectivity index (χ1v) is 7.29. The lowest BCUT2D eigenvalue weighted by Gasteiger charge is -2.16. The Hall–Kier alpha value is -0.120. The van der Waals surface area contributed by atoms with Crippen LogP contribution in [0.1, 0.15) is 46.5 Å². The maximum atomic E-state index is 3.57. The van der Waals surface area contributed by atoms with Gasteiger partial charge in [-0.05, 0) is 32.7 Å². The molecule has 0 heterocycles. The lowest BCUT2D eigenvalue weighted by molar-refractivity contribution is 0.413. The Labute approximate surface area is 108 Å². The van der Waals surface area contributed by atoms with Gasteiger partial charge in [0.25, 0.3) is 0 Å². The first-order chi connectivity index (χ1) is 8.20. The fourth-order valence-corrected chi connectivity index (χ4v) is 2.02. The zero-order chi connectivity index (χ0) is 12.9. The van der Waals surface area contributed by atoms with Crippen molar-refractivity contribution in [3.8, 4) is 0 Å². The van der Waals surface area contributed by atoms with Crippen LogP contribution in [0.25, 0.3) is 0 Å². The predicted octanol–water partition coefficient (Wildman–Crippen LogP) is 1.99. The van der Waals surface area contributed by atoms with Crippen molar-refractivity contribution < 1.29 is 0 Å². The van der Waals surface area contributed by atoms with Crippen LogP contribution >= 0.6 is 0 Å². The van der Waals surface area contributed by atoms with Gasteiger partial charge in [0.05, 0.1) is 0 Å². The van der Waals surface area contributed by atoms with Crippen molar-refractivity contribution in [1.82, 2.24) is 16.0 Å². The second-order valence-corrected chi connectivity index (χ2v) is 5.18. The standard InChI is InChI=1S/C14H33N3/c1-5-6-13(2)7-8-14(3)17-12-11-16-10-9-15-4/h13-17H,5-12H2,1-4H3/t13-,14?/m1/s1. The molecule has 0 bridgehead atoms. The fraction of sp³-hybridized carbons (Fsp3) is 1.00. The van der Waals surface area contributed by atoms with Crippen LogP contribution in [0.2, 0.25) is 0 Å². The molecule has 0 amide bonds. The molecule has 17 heavy (non-hydrogen) atoms. The molecule has 0 rings (SSSR count). The van der Waals surface area contributed by atoms with Gasteiger partial charge in [-0.1, -0.05) is 26.7 Å². The summed E-state index contributed by atoms with van der Waals surface area (Å²) in [7, 11) is 1.99. The monoisotopic (exact) mass is 243 g/mol. The molecule has 0 saturated carbocycles. The largest absolute Gasteiger partial charge is 0.318 e. The highest BCUT2D eigenvalue weighted by Gasteiger charge is 2.05. The third-order valence-corrected chi connectivity index (χ3v) is 3.22. The minimum Gasteiger partial charge on any atom is -0.318 e. The van der Waals surface area contributed by atoms with Crippen LogP contribution in [0.3, 0.4) is 0 Å². The van der Waals surface area contributed by atoms with Crippen LogP contribution in [0, 0.1) is 5.92 Å². The van der Waals surface area contributed by atoms with Crippen molar-refractivity contribution in [2.45, 2.75) is 52.5 Å². The second kappa shape index (κ2) is 12.3. The first-order valence-electron chi connectivity index (χ1n) is 7.29. The fourth-order valence-electron chi connectivity index (χ4n) is 2.02. The molecule has 3 nitrogen and oxygen atoms in total. The normalized spacial score (nSPS) is 14.8. The molecule has 0 aromatic rings. The van der Waals surface area contributed by atoms with E-state index in [1.54, 1.807) is 0 Å². The highest BCUT2D eigenvalue weighted by Crippen LogP contribution is 2.13. The Kier molecular flexibility index (Phi) is 12.3. The van der Waals surface area contributed by atoms with E-state index in [0.717, 1.165) is 32.1 Å². The van der Waals surface area contributed by atoms with Crippen molar-refractivity contribution in [1.29, 1.82) is 0 Å². The Morgan fingerprint density at radius 1 is 0.882 bits per heavy atom. The molecule has 0 fully saturated rings. The molecule has 1 unspecified atom stereocenters. The van der Waals surface area contributed by atoms with Crippen molar-refractivity contribution >= 4 is 0 Å². The molecule has 0 aliphatic rings. The first kappa shape index (κ1) is 16.9. The summed E-state index contributed by atoms with van der Waals surface area (Å²) in [6, 6.07) is 0.653. The lowest BCUT2D eigenvalue weighted by Crippen LogP contribution is -2.35. The molecule has 0 spiro atoms. The number of likely N-dealkylation sites (N-methyl/N-ethyl adjacent to an activating group) is 1. The van der Waals surface area contributed by atoms with Crippen molar-refractivity contribution in [2.24, 2.45) is 5.92 Å². The summed E-state index contributed by atoms with van der Waals surface area (Å²) < 4.78 is 0. The van der Waals surface area contributed by atoms with E-state index >= 15 is 0 Å². The third kappa shape index (κ3) is 12.1. The van der Waals surface area contributed by atoms with Crippen molar-refractivity contribution in [3.63, 3.8) is 0 Å². The highest BCUT2D eigenvalue weighted by atomic mass is 15.0. The van der Waals surface area contributed by atoms with E-state index in [2.05, 4.69) is 36.7 Å². The highest BCUT2D eigenvalue weighted by molar-refractivity contribution is 4.64. The molecule has 104 valence electrons. The minimum atomic E-state index is 0.653. The number of nitrogens with one attached hydrogen (secondary N) is 3. The SMILES string of the molecule is CCC[C@@H](C)CCC(C)NCCNCCNC. The Balaban J connectivity index is 3.25. The molecule has 0 aliphatic carbocycles. The molecule has 3 N–H and O–H groups in total. The van der Waals surface area contributed by atoms with Crippen LogP contribution in [-0.4, -0.2) is 39.3 Å². The Bertz CT molecular complexity index is 150. The second-order valence-electron chi connectivity index (χ2n) is 5.18. The summed E-state index contributed by atoms with van der Waals surface area (Å²) in [5, 5.41) is 10.1. The molecule has 0 radical (unpaired) electrons. The minimum absolute atomic E-state index is 0.653. The molecule has 0 aliphatic heterocycles. The number of rotatable bonds is 12. The van der Waals surface area contributed by atoms with Gasteiger partial charge >= 0.3 is 0 Å². The maximum Gasteiger partial charge on any atom is 0.00792 e. The molecular weight excluding hydrogens is 210 g/mol. The number of hydrogen-bond donors (Lipinski definition) is 3. The van der Waals surface area contributed by atoms with Gasteiger partial charge in [-0.2, -0.15) is 0 Å². The Morgan fingerprint density at radius 2 is 1.59 bits per heavy atom. The summed E-state index contributed by atoms with van der Waals surface area (Å²) in [4.78, 5) is 0. The quantitative estimate of drug-likeness (QED) is 0.459. The van der Waals surface area contributed by atoms with Gasteiger partial charge < -0.3 is 16.0 Å². The maximum absolute atomic E-state index is 3.57. The van der Waals surface area contributed by atoms with Gasteiger partial charge in [-0.3, -0.25) is 0 Å². The van der Waals surface area contributed by atoms with Crippen LogP contribution < -0.4 is 16.0 Å². The van der Waals surface area contributed by atoms with Crippen molar-refractivity contribution in [2.75, 3.05) is 33.2 Å². The van der Waals surface area contributed by atoms with E-state index in [9.17, 15) is 0 Å². The topological polar surface area (TPSA) is 36.1 Å². The van der Waals surface area contributed by atoms with E-state index in [4.69, 9.17) is 0 Å². The summed E-state index contributed by atoms with van der Waals surface area (Å²) in [5.74, 6) is 0.887. The van der Waals surface area contributed by atoms with Gasteiger partial charge in [-0.25, -0.2) is 0 Å². The van der Waals surface area contributed by atoms with Gasteiger partial charge in [0.2, 0.25) is 0 Å². The van der Waals surface area contributed by atoms with Gasteiger partial charge in [0.15, 0.2) is 0 Å². The van der Waals surface area contributed by atoms with E-state index < -0.39 is 0 Å². The Morgan fingerprint density at radius 3 is 2.24 bits per heavy atom. The van der Waals surface area contributed by atoms with E-state index in [0.29, 0.717) is 6.04 Å².